The second kappa shape index (κ2) is 7.15. The summed E-state index contributed by atoms with van der Waals surface area (Å²) in [4.78, 5) is 23.9. The second-order valence-corrected chi connectivity index (χ2v) is 5.56. The Hall–Kier alpha value is -2.54. The number of benzene rings is 1. The lowest BCUT2D eigenvalue weighted by Crippen LogP contribution is -2.38. The van der Waals surface area contributed by atoms with Crippen LogP contribution in [0.3, 0.4) is 0 Å². The molecule has 0 aliphatic rings. The van der Waals surface area contributed by atoms with Crippen LogP contribution in [-0.4, -0.2) is 46.8 Å². The summed E-state index contributed by atoms with van der Waals surface area (Å²) in [6.45, 7) is 0.346. The number of carbonyl (C=O) groups is 1. The predicted molar refractivity (Wildman–Crippen MR) is 85.7 cm³/mol. The number of nitrogen functional groups attached to an aromatic ring is 1. The van der Waals surface area contributed by atoms with Gasteiger partial charge >= 0.3 is 0 Å². The lowest BCUT2D eigenvalue weighted by atomic mass is 10.0. The Balaban J connectivity index is 2.18. The number of hydrogen-bond donors (Lipinski definition) is 1. The second-order valence-electron chi connectivity index (χ2n) is 5.56. The number of likely N-dealkylation sites (N-methyl/N-ethyl adjacent to an activating group) is 2. The van der Waals surface area contributed by atoms with E-state index in [0.717, 1.165) is 5.56 Å². The van der Waals surface area contributed by atoms with E-state index >= 15 is 0 Å². The van der Waals surface area contributed by atoms with Gasteiger partial charge in [0.15, 0.2) is 0 Å². The molecule has 1 amide bonds. The molecular formula is C16H20FN5O. The summed E-state index contributed by atoms with van der Waals surface area (Å²) in [5.41, 5.74) is 6.83. The lowest BCUT2D eigenvalue weighted by Gasteiger charge is -2.28. The van der Waals surface area contributed by atoms with Crippen molar-refractivity contribution in [2.24, 2.45) is 0 Å². The zero-order valence-corrected chi connectivity index (χ0v) is 13.4. The Kier molecular flexibility index (Phi) is 5.23. The van der Waals surface area contributed by atoms with Crippen molar-refractivity contribution in [2.75, 3.05) is 26.9 Å². The minimum Gasteiger partial charge on any atom is -0.368 e. The van der Waals surface area contributed by atoms with Crippen molar-refractivity contribution in [3.63, 3.8) is 0 Å². The van der Waals surface area contributed by atoms with Crippen molar-refractivity contribution >= 4 is 11.9 Å². The van der Waals surface area contributed by atoms with Crippen LogP contribution in [0.2, 0.25) is 0 Å². The number of carbonyl (C=O) groups excluding carboxylic acids is 1. The monoisotopic (exact) mass is 317 g/mol. The van der Waals surface area contributed by atoms with E-state index < -0.39 is 6.04 Å². The van der Waals surface area contributed by atoms with E-state index in [-0.39, 0.29) is 17.7 Å². The first-order chi connectivity index (χ1) is 10.9. The van der Waals surface area contributed by atoms with Gasteiger partial charge < -0.3 is 10.6 Å². The summed E-state index contributed by atoms with van der Waals surface area (Å²) in [7, 11) is 5.26. The largest absolute Gasteiger partial charge is 0.368 e. The molecule has 1 aromatic heterocycles. The number of amides is 1. The van der Waals surface area contributed by atoms with Crippen LogP contribution in [0, 0.1) is 5.82 Å². The van der Waals surface area contributed by atoms with Gasteiger partial charge in [-0.05, 0) is 31.8 Å². The zero-order chi connectivity index (χ0) is 17.0. The molecule has 6 nitrogen and oxygen atoms in total. The Morgan fingerprint density at radius 3 is 2.48 bits per heavy atom. The topological polar surface area (TPSA) is 75.4 Å². The van der Waals surface area contributed by atoms with Crippen molar-refractivity contribution in [2.45, 2.75) is 12.6 Å². The van der Waals surface area contributed by atoms with Crippen LogP contribution in [0.5, 0.6) is 0 Å². The maximum absolute atomic E-state index is 13.5. The summed E-state index contributed by atoms with van der Waals surface area (Å²) in [5.74, 6) is -0.317. The van der Waals surface area contributed by atoms with E-state index in [4.69, 9.17) is 5.73 Å². The average molecular weight is 317 g/mol. The third-order valence-electron chi connectivity index (χ3n) is 3.44. The fraction of sp³-hybridized carbons (Fsp3) is 0.312. The fourth-order valence-electron chi connectivity index (χ4n) is 2.35. The molecule has 2 aromatic rings. The molecule has 1 atom stereocenters. The summed E-state index contributed by atoms with van der Waals surface area (Å²) >= 11 is 0. The molecule has 23 heavy (non-hydrogen) atoms. The Bertz CT molecular complexity index is 674. The highest BCUT2D eigenvalue weighted by atomic mass is 19.1. The Labute approximate surface area is 134 Å². The molecule has 0 saturated carbocycles. The third-order valence-corrected chi connectivity index (χ3v) is 3.44. The maximum Gasteiger partial charge on any atom is 0.244 e. The molecule has 0 unspecified atom stereocenters. The van der Waals surface area contributed by atoms with Gasteiger partial charge in [-0.2, -0.15) is 0 Å². The summed E-state index contributed by atoms with van der Waals surface area (Å²) < 4.78 is 13.5. The maximum atomic E-state index is 13.5. The lowest BCUT2D eigenvalue weighted by molar-refractivity contribution is -0.135. The van der Waals surface area contributed by atoms with Crippen molar-refractivity contribution in [1.29, 1.82) is 0 Å². The van der Waals surface area contributed by atoms with Gasteiger partial charge in [-0.1, -0.05) is 12.1 Å². The molecule has 2 N–H and O–H groups in total. The SMILES string of the molecule is CN(Cc1cnc(N)nc1)C(=O)[C@H](c1cccc(F)c1)N(C)C. The summed E-state index contributed by atoms with van der Waals surface area (Å²) in [6.07, 6.45) is 3.16. The number of hydrogen-bond acceptors (Lipinski definition) is 5. The molecule has 0 saturated heterocycles. The fourth-order valence-corrected chi connectivity index (χ4v) is 2.35. The highest BCUT2D eigenvalue weighted by Gasteiger charge is 2.26. The first-order valence-electron chi connectivity index (χ1n) is 7.11. The first-order valence-corrected chi connectivity index (χ1v) is 7.11. The molecule has 0 bridgehead atoms. The van der Waals surface area contributed by atoms with Gasteiger partial charge in [-0.25, -0.2) is 14.4 Å². The molecule has 0 aliphatic heterocycles. The number of nitrogens with two attached hydrogens (primary N) is 1. The molecule has 0 fully saturated rings. The number of nitrogens with zero attached hydrogens (tertiary/aromatic N) is 4. The van der Waals surface area contributed by atoms with Gasteiger partial charge in [0, 0.05) is 31.5 Å². The number of rotatable bonds is 5. The van der Waals surface area contributed by atoms with Crippen LogP contribution in [0.15, 0.2) is 36.7 Å². The van der Waals surface area contributed by atoms with Crippen molar-refractivity contribution in [1.82, 2.24) is 19.8 Å². The van der Waals surface area contributed by atoms with Gasteiger partial charge in [0.25, 0.3) is 0 Å². The molecule has 0 radical (unpaired) electrons. The molecule has 1 aromatic carbocycles. The van der Waals surface area contributed by atoms with Gasteiger partial charge in [0.1, 0.15) is 11.9 Å². The molecule has 2 rings (SSSR count). The third kappa shape index (κ3) is 4.23. The van der Waals surface area contributed by atoms with Gasteiger partial charge in [-0.15, -0.1) is 0 Å². The van der Waals surface area contributed by atoms with Crippen molar-refractivity contribution in [3.05, 3.63) is 53.6 Å². The smallest absolute Gasteiger partial charge is 0.244 e. The van der Waals surface area contributed by atoms with E-state index in [1.54, 1.807) is 55.5 Å². The van der Waals surface area contributed by atoms with Crippen LogP contribution in [0.4, 0.5) is 10.3 Å². The first kappa shape index (κ1) is 16.8. The van der Waals surface area contributed by atoms with Gasteiger partial charge in [0.05, 0.1) is 0 Å². The quantitative estimate of drug-likeness (QED) is 0.903. The van der Waals surface area contributed by atoms with E-state index in [2.05, 4.69) is 9.97 Å². The standard InChI is InChI=1S/C16H20FN5O/c1-21(2)14(12-5-4-6-13(17)7-12)15(23)22(3)10-11-8-19-16(18)20-9-11/h4-9,14H,10H2,1-3H3,(H2,18,19,20)/t14-/m0/s1. The molecule has 0 spiro atoms. The Morgan fingerprint density at radius 2 is 1.91 bits per heavy atom. The Morgan fingerprint density at radius 1 is 1.26 bits per heavy atom. The normalized spacial score (nSPS) is 12.2. The zero-order valence-electron chi connectivity index (χ0n) is 13.4. The predicted octanol–water partition coefficient (Wildman–Crippen LogP) is 1.46. The van der Waals surface area contributed by atoms with E-state index in [1.165, 1.54) is 12.1 Å². The molecule has 122 valence electrons. The van der Waals surface area contributed by atoms with Crippen molar-refractivity contribution < 1.29 is 9.18 Å². The highest BCUT2D eigenvalue weighted by Crippen LogP contribution is 2.22. The van der Waals surface area contributed by atoms with E-state index in [0.29, 0.717) is 12.1 Å². The molecule has 0 aliphatic carbocycles. The van der Waals surface area contributed by atoms with E-state index in [1.807, 2.05) is 0 Å². The van der Waals surface area contributed by atoms with Crippen LogP contribution in [0.25, 0.3) is 0 Å². The minimum absolute atomic E-state index is 0.141. The summed E-state index contributed by atoms with van der Waals surface area (Å²) in [6, 6.07) is 5.51. The molecular weight excluding hydrogens is 297 g/mol. The molecule has 7 heteroatoms. The summed E-state index contributed by atoms with van der Waals surface area (Å²) in [5, 5.41) is 0. The molecule has 1 heterocycles. The number of aromatic nitrogens is 2. The highest BCUT2D eigenvalue weighted by molar-refractivity contribution is 5.83. The minimum atomic E-state index is -0.564. The van der Waals surface area contributed by atoms with Crippen LogP contribution in [0.1, 0.15) is 17.2 Å². The van der Waals surface area contributed by atoms with Crippen LogP contribution in [-0.2, 0) is 11.3 Å². The van der Waals surface area contributed by atoms with Crippen LogP contribution >= 0.6 is 0 Å². The van der Waals surface area contributed by atoms with Gasteiger partial charge in [-0.3, -0.25) is 9.69 Å². The van der Waals surface area contributed by atoms with Gasteiger partial charge in [0.2, 0.25) is 11.9 Å². The number of halogens is 1. The van der Waals surface area contributed by atoms with Crippen LogP contribution < -0.4 is 5.73 Å². The van der Waals surface area contributed by atoms with E-state index in [9.17, 15) is 9.18 Å². The number of anilines is 1. The van der Waals surface area contributed by atoms with Crippen molar-refractivity contribution in [3.8, 4) is 0 Å². The average Bonchev–Trinajstić information content (AvgIpc) is 2.49.